The Morgan fingerprint density at radius 2 is 2.07 bits per heavy atom. The van der Waals surface area contributed by atoms with Gasteiger partial charge in [-0.15, -0.1) is 0 Å². The van der Waals surface area contributed by atoms with Crippen molar-refractivity contribution in [2.75, 3.05) is 11.5 Å². The zero-order valence-electron chi connectivity index (χ0n) is 15.0. The van der Waals surface area contributed by atoms with Crippen LogP contribution in [0, 0.1) is 0 Å². The highest BCUT2D eigenvalue weighted by atomic mass is 35.5. The Morgan fingerprint density at radius 3 is 2.78 bits per heavy atom. The van der Waals surface area contributed by atoms with Crippen LogP contribution in [0.15, 0.2) is 42.5 Å². The minimum atomic E-state index is -0.848. The lowest BCUT2D eigenvalue weighted by Crippen LogP contribution is -2.65. The van der Waals surface area contributed by atoms with Gasteiger partial charge in [0.05, 0.1) is 18.2 Å². The summed E-state index contributed by atoms with van der Waals surface area (Å²) < 4.78 is 11.2. The molecule has 2 amide bonds. The Kier molecular flexibility index (Phi) is 4.23. The Balaban J connectivity index is 1.67. The van der Waals surface area contributed by atoms with Crippen molar-refractivity contribution < 1.29 is 19.1 Å². The molecule has 0 saturated carbocycles. The van der Waals surface area contributed by atoms with Crippen LogP contribution in [0.5, 0.6) is 5.75 Å². The van der Waals surface area contributed by atoms with E-state index in [-0.39, 0.29) is 12.1 Å². The largest absolute Gasteiger partial charge is 0.467 e. The number of hydrogen-bond acceptors (Lipinski definition) is 4. The van der Waals surface area contributed by atoms with E-state index in [0.29, 0.717) is 35.1 Å². The summed E-state index contributed by atoms with van der Waals surface area (Å²) in [7, 11) is 0. The van der Waals surface area contributed by atoms with Crippen molar-refractivity contribution in [2.45, 2.75) is 32.0 Å². The van der Waals surface area contributed by atoms with E-state index < -0.39 is 11.7 Å². The van der Waals surface area contributed by atoms with Gasteiger partial charge in [-0.25, -0.2) is 9.59 Å². The SMILES string of the molecule is CCOC(=O)c1ccc(N2C(=O)N[C@H]3C[C@@]2(C)Oc2ccc(Cl)cc23)cc1. The van der Waals surface area contributed by atoms with Crippen LogP contribution < -0.4 is 15.0 Å². The molecular formula is C20H19ClN2O4. The van der Waals surface area contributed by atoms with E-state index in [1.165, 1.54) is 0 Å². The minimum absolute atomic E-state index is 0.167. The number of ether oxygens (including phenoxy) is 2. The second-order valence-electron chi connectivity index (χ2n) is 6.77. The summed E-state index contributed by atoms with van der Waals surface area (Å²) in [4.78, 5) is 26.3. The molecule has 1 fully saturated rings. The third-order valence-corrected chi connectivity index (χ3v) is 5.11. The molecular weight excluding hydrogens is 368 g/mol. The van der Waals surface area contributed by atoms with Gasteiger partial charge in [-0.1, -0.05) is 11.6 Å². The Hall–Kier alpha value is -2.73. The van der Waals surface area contributed by atoms with Crippen LogP contribution in [-0.2, 0) is 4.74 Å². The number of urea groups is 1. The maximum Gasteiger partial charge on any atom is 0.338 e. The summed E-state index contributed by atoms with van der Waals surface area (Å²) in [5.41, 5.74) is 1.11. The second kappa shape index (κ2) is 6.46. The molecule has 2 aromatic rings. The Labute approximate surface area is 162 Å². The van der Waals surface area contributed by atoms with E-state index in [0.717, 1.165) is 5.56 Å². The van der Waals surface area contributed by atoms with Crippen LogP contribution in [-0.4, -0.2) is 24.3 Å². The summed E-state index contributed by atoms with van der Waals surface area (Å²) in [6, 6.07) is 11.7. The molecule has 0 unspecified atom stereocenters. The number of anilines is 1. The van der Waals surface area contributed by atoms with E-state index in [2.05, 4.69) is 5.32 Å². The van der Waals surface area contributed by atoms with Gasteiger partial charge in [0.1, 0.15) is 5.75 Å². The number of nitrogens with one attached hydrogen (secondary N) is 1. The minimum Gasteiger partial charge on any atom is -0.467 e. The van der Waals surface area contributed by atoms with E-state index in [1.807, 2.05) is 19.1 Å². The fourth-order valence-electron chi connectivity index (χ4n) is 3.70. The predicted octanol–water partition coefficient (Wildman–Crippen LogP) is 4.29. The molecule has 0 spiro atoms. The number of carbonyl (C=O) groups is 2. The van der Waals surface area contributed by atoms with Crippen LogP contribution in [0.2, 0.25) is 5.02 Å². The van der Waals surface area contributed by atoms with E-state index >= 15 is 0 Å². The molecule has 1 N–H and O–H groups in total. The zero-order valence-corrected chi connectivity index (χ0v) is 15.7. The van der Waals surface area contributed by atoms with Crippen molar-refractivity contribution in [3.05, 3.63) is 58.6 Å². The number of rotatable bonds is 3. The first-order valence-electron chi connectivity index (χ1n) is 8.77. The van der Waals surface area contributed by atoms with E-state index in [1.54, 1.807) is 42.2 Å². The summed E-state index contributed by atoms with van der Waals surface area (Å²) in [5.74, 6) is 0.310. The van der Waals surface area contributed by atoms with Crippen LogP contribution in [0.4, 0.5) is 10.5 Å². The number of hydrogen-bond donors (Lipinski definition) is 1. The molecule has 2 aliphatic rings. The second-order valence-corrected chi connectivity index (χ2v) is 7.20. The Bertz CT molecular complexity index is 915. The number of fused-ring (bicyclic) bond motifs is 4. The number of benzene rings is 2. The maximum absolute atomic E-state index is 12.8. The van der Waals surface area contributed by atoms with Gasteiger partial charge in [0.2, 0.25) is 0 Å². The average molecular weight is 387 g/mol. The molecule has 0 aliphatic carbocycles. The number of amides is 2. The van der Waals surface area contributed by atoms with Gasteiger partial charge < -0.3 is 14.8 Å². The van der Waals surface area contributed by atoms with Crippen LogP contribution >= 0.6 is 11.6 Å². The van der Waals surface area contributed by atoms with Gasteiger partial charge in [-0.3, -0.25) is 4.90 Å². The lowest BCUT2D eigenvalue weighted by Gasteiger charge is -2.50. The van der Waals surface area contributed by atoms with Gasteiger partial charge in [-0.05, 0) is 56.3 Å². The molecule has 0 aromatic heterocycles. The van der Waals surface area contributed by atoms with Crippen LogP contribution in [0.25, 0.3) is 0 Å². The van der Waals surface area contributed by atoms with Crippen molar-refractivity contribution in [1.82, 2.24) is 5.32 Å². The molecule has 2 aliphatic heterocycles. The van der Waals surface area contributed by atoms with Gasteiger partial charge >= 0.3 is 12.0 Å². The molecule has 7 heteroatoms. The van der Waals surface area contributed by atoms with Gasteiger partial charge in [0.25, 0.3) is 0 Å². The maximum atomic E-state index is 12.8. The summed E-state index contributed by atoms with van der Waals surface area (Å²) >= 11 is 6.10. The molecule has 6 nitrogen and oxygen atoms in total. The highest BCUT2D eigenvalue weighted by molar-refractivity contribution is 6.30. The molecule has 2 heterocycles. The molecule has 1 saturated heterocycles. The topological polar surface area (TPSA) is 67.9 Å². The van der Waals surface area contributed by atoms with Gasteiger partial charge in [-0.2, -0.15) is 0 Å². The predicted molar refractivity (Wildman–Crippen MR) is 101 cm³/mol. The fourth-order valence-corrected chi connectivity index (χ4v) is 3.88. The van der Waals surface area contributed by atoms with E-state index in [4.69, 9.17) is 21.1 Å². The number of nitrogens with zero attached hydrogens (tertiary/aromatic N) is 1. The zero-order chi connectivity index (χ0) is 19.2. The smallest absolute Gasteiger partial charge is 0.338 e. The monoisotopic (exact) mass is 386 g/mol. The average Bonchev–Trinajstić information content (AvgIpc) is 2.62. The standard InChI is InChI=1S/C20H19ClN2O4/c1-3-26-18(24)12-4-7-14(8-5-12)23-19(25)22-16-11-20(23,2)27-17-9-6-13(21)10-15(16)17/h4-10,16H,3,11H2,1-2H3,(H,22,25)/t16-,20+/m0/s1. The number of halogens is 1. The molecule has 2 aromatic carbocycles. The molecule has 0 radical (unpaired) electrons. The fraction of sp³-hybridized carbons (Fsp3) is 0.300. The quantitative estimate of drug-likeness (QED) is 0.799. The van der Waals surface area contributed by atoms with Gasteiger partial charge in [0.15, 0.2) is 5.72 Å². The number of esters is 1. The van der Waals surface area contributed by atoms with Crippen LogP contribution in [0.3, 0.4) is 0 Å². The first-order valence-corrected chi connectivity index (χ1v) is 9.15. The molecule has 4 rings (SSSR count). The van der Waals surface area contributed by atoms with E-state index in [9.17, 15) is 9.59 Å². The highest BCUT2D eigenvalue weighted by Gasteiger charge is 2.49. The summed E-state index contributed by atoms with van der Waals surface area (Å²) in [6.07, 6.45) is 0.575. The van der Waals surface area contributed by atoms with Crippen molar-refractivity contribution in [2.24, 2.45) is 0 Å². The molecule has 2 atom stereocenters. The lowest BCUT2D eigenvalue weighted by atomic mass is 9.90. The molecule has 27 heavy (non-hydrogen) atoms. The van der Waals surface area contributed by atoms with Crippen molar-refractivity contribution in [1.29, 1.82) is 0 Å². The first kappa shape index (κ1) is 17.7. The van der Waals surface area contributed by atoms with Crippen molar-refractivity contribution >= 4 is 29.3 Å². The third kappa shape index (κ3) is 3.00. The third-order valence-electron chi connectivity index (χ3n) is 4.87. The lowest BCUT2D eigenvalue weighted by molar-refractivity contribution is 0.0379. The Morgan fingerprint density at radius 1 is 1.33 bits per heavy atom. The van der Waals surface area contributed by atoms with Crippen molar-refractivity contribution in [3.63, 3.8) is 0 Å². The highest BCUT2D eigenvalue weighted by Crippen LogP contribution is 2.46. The van der Waals surface area contributed by atoms with Crippen molar-refractivity contribution in [3.8, 4) is 5.75 Å². The normalized spacial score (nSPS) is 23.1. The molecule has 140 valence electrons. The van der Waals surface area contributed by atoms with Crippen LogP contribution in [0.1, 0.15) is 42.2 Å². The van der Waals surface area contributed by atoms with Gasteiger partial charge in [0, 0.05) is 22.7 Å². The first-order chi connectivity index (χ1) is 12.9. The summed E-state index contributed by atoms with van der Waals surface area (Å²) in [5, 5.41) is 3.62. The summed E-state index contributed by atoms with van der Waals surface area (Å²) in [6.45, 7) is 3.95. The number of carbonyl (C=O) groups excluding carboxylic acids is 2. The molecule has 2 bridgehead atoms.